The Bertz CT molecular complexity index is 1060. The number of furan rings is 1. The fourth-order valence-electron chi connectivity index (χ4n) is 2.45. The Morgan fingerprint density at radius 2 is 2.00 bits per heavy atom. The summed E-state index contributed by atoms with van der Waals surface area (Å²) in [7, 11) is 0. The highest BCUT2D eigenvalue weighted by Gasteiger charge is 2.14. The van der Waals surface area contributed by atoms with E-state index in [0.717, 1.165) is 0 Å². The van der Waals surface area contributed by atoms with Crippen molar-refractivity contribution in [1.29, 1.82) is 0 Å². The lowest BCUT2D eigenvalue weighted by atomic mass is 10.1. The second kappa shape index (κ2) is 9.03. The van der Waals surface area contributed by atoms with Crippen LogP contribution < -0.4 is 5.43 Å². The van der Waals surface area contributed by atoms with Gasteiger partial charge in [-0.1, -0.05) is 11.6 Å². The van der Waals surface area contributed by atoms with Crippen molar-refractivity contribution in [2.75, 3.05) is 12.0 Å². The van der Waals surface area contributed by atoms with E-state index in [9.17, 15) is 14.9 Å². The van der Waals surface area contributed by atoms with Gasteiger partial charge in [0.05, 0.1) is 34.0 Å². The van der Waals surface area contributed by atoms with E-state index in [4.69, 9.17) is 20.8 Å². The van der Waals surface area contributed by atoms with Gasteiger partial charge in [0.15, 0.2) is 0 Å². The van der Waals surface area contributed by atoms with E-state index >= 15 is 0 Å². The molecule has 9 heteroatoms. The average molecular weight is 414 g/mol. The van der Waals surface area contributed by atoms with Crippen LogP contribution in [0, 0.1) is 10.1 Å². The molecule has 0 amide bonds. The third-order valence-electron chi connectivity index (χ3n) is 3.83. The highest BCUT2D eigenvalue weighted by molar-refractivity contribution is 6.33. The minimum atomic E-state index is -0.498. The molecule has 0 fully saturated rings. The lowest BCUT2D eigenvalue weighted by Gasteiger charge is -2.03. The molecule has 1 aromatic heterocycles. The van der Waals surface area contributed by atoms with Crippen LogP contribution in [0.15, 0.2) is 64.1 Å². The number of rotatable bonds is 7. The van der Waals surface area contributed by atoms with Gasteiger partial charge in [0, 0.05) is 17.7 Å². The Morgan fingerprint density at radius 1 is 1.24 bits per heavy atom. The first-order chi connectivity index (χ1) is 14.0. The van der Waals surface area contributed by atoms with E-state index in [1.165, 1.54) is 24.4 Å². The molecule has 1 N–H and O–H groups in total. The van der Waals surface area contributed by atoms with Crippen molar-refractivity contribution in [3.05, 3.63) is 81.1 Å². The first kappa shape index (κ1) is 20.1. The molecule has 0 aliphatic heterocycles. The number of non-ortho nitro benzene ring substituents is 1. The molecule has 0 atom stereocenters. The van der Waals surface area contributed by atoms with Crippen molar-refractivity contribution in [2.45, 2.75) is 6.92 Å². The number of carbonyl (C=O) groups is 1. The van der Waals surface area contributed by atoms with E-state index in [2.05, 4.69) is 10.5 Å². The number of hydrazone groups is 1. The molecule has 1 heterocycles. The van der Waals surface area contributed by atoms with Gasteiger partial charge in [-0.15, -0.1) is 0 Å². The van der Waals surface area contributed by atoms with Gasteiger partial charge in [-0.25, -0.2) is 4.79 Å². The summed E-state index contributed by atoms with van der Waals surface area (Å²) in [4.78, 5) is 22.1. The Morgan fingerprint density at radius 3 is 2.69 bits per heavy atom. The maximum atomic E-state index is 11.6. The van der Waals surface area contributed by atoms with Gasteiger partial charge in [0.25, 0.3) is 5.69 Å². The summed E-state index contributed by atoms with van der Waals surface area (Å²) >= 11 is 6.12. The van der Waals surface area contributed by atoms with Crippen LogP contribution in [0.2, 0.25) is 5.02 Å². The van der Waals surface area contributed by atoms with Crippen LogP contribution in [-0.4, -0.2) is 23.7 Å². The zero-order chi connectivity index (χ0) is 20.8. The smallest absolute Gasteiger partial charge is 0.338 e. The average Bonchev–Trinajstić information content (AvgIpc) is 3.17. The van der Waals surface area contributed by atoms with Crippen LogP contribution in [0.1, 0.15) is 23.0 Å². The number of anilines is 1. The molecule has 2 aromatic carbocycles. The number of hydrogen-bond donors (Lipinski definition) is 1. The Labute approximate surface area is 170 Å². The van der Waals surface area contributed by atoms with Gasteiger partial charge in [-0.3, -0.25) is 15.5 Å². The second-order valence-electron chi connectivity index (χ2n) is 5.79. The minimum Gasteiger partial charge on any atom is -0.462 e. The third kappa shape index (κ3) is 4.99. The number of halogens is 1. The van der Waals surface area contributed by atoms with Crippen LogP contribution in [0.4, 0.5) is 11.4 Å². The van der Waals surface area contributed by atoms with Gasteiger partial charge in [-0.2, -0.15) is 5.10 Å². The third-order valence-corrected chi connectivity index (χ3v) is 4.16. The molecule has 0 aliphatic rings. The van der Waals surface area contributed by atoms with Crippen molar-refractivity contribution in [1.82, 2.24) is 0 Å². The Balaban J connectivity index is 1.67. The maximum Gasteiger partial charge on any atom is 0.338 e. The number of nitrogens with zero attached hydrogens (tertiary/aromatic N) is 2. The topological polar surface area (TPSA) is 107 Å². The summed E-state index contributed by atoms with van der Waals surface area (Å²) in [5.74, 6) is 0.433. The lowest BCUT2D eigenvalue weighted by molar-refractivity contribution is -0.384. The minimum absolute atomic E-state index is 0.0797. The van der Waals surface area contributed by atoms with Crippen molar-refractivity contribution in [3.63, 3.8) is 0 Å². The van der Waals surface area contributed by atoms with Crippen LogP contribution in [0.5, 0.6) is 0 Å². The number of carbonyl (C=O) groups excluding carboxylic acids is 1. The zero-order valence-corrected chi connectivity index (χ0v) is 16.1. The highest BCUT2D eigenvalue weighted by Crippen LogP contribution is 2.32. The summed E-state index contributed by atoms with van der Waals surface area (Å²) < 4.78 is 10.6. The lowest BCUT2D eigenvalue weighted by Crippen LogP contribution is -2.04. The fraction of sp³-hybridized carbons (Fsp3) is 0.100. The molecule has 3 aromatic rings. The number of nitro groups is 1. The number of nitro benzene ring substituents is 1. The van der Waals surface area contributed by atoms with Crippen LogP contribution in [-0.2, 0) is 4.74 Å². The van der Waals surface area contributed by atoms with Crippen molar-refractivity contribution >= 4 is 35.2 Å². The van der Waals surface area contributed by atoms with Gasteiger partial charge in [0.1, 0.15) is 11.5 Å². The molecule has 3 rings (SSSR count). The Kier molecular flexibility index (Phi) is 6.25. The monoisotopic (exact) mass is 413 g/mol. The van der Waals surface area contributed by atoms with Crippen LogP contribution in [0.3, 0.4) is 0 Å². The number of benzene rings is 2. The quantitative estimate of drug-likeness (QED) is 0.249. The highest BCUT2D eigenvalue weighted by atomic mass is 35.5. The van der Waals surface area contributed by atoms with Gasteiger partial charge in [-0.05, 0) is 49.4 Å². The predicted octanol–water partition coefficient (Wildman–Crippen LogP) is 5.13. The van der Waals surface area contributed by atoms with E-state index in [1.54, 1.807) is 43.3 Å². The molecular formula is C20H16ClN3O5. The molecule has 0 spiro atoms. The van der Waals surface area contributed by atoms with Crippen molar-refractivity contribution in [3.8, 4) is 11.3 Å². The number of nitrogens with one attached hydrogen (secondary N) is 1. The number of ether oxygens (including phenoxy) is 1. The summed E-state index contributed by atoms with van der Waals surface area (Å²) in [6.07, 6.45) is 1.45. The molecule has 8 nitrogen and oxygen atoms in total. The standard InChI is InChI=1S/C20H16ClN3O5/c1-2-28-20(25)13-3-5-14(6-4-13)23-22-12-16-8-10-19(29-16)17-11-15(24(26)27)7-9-18(17)21/h3-12,23H,2H2,1H3/b22-12-. The van der Waals surface area contributed by atoms with Crippen LogP contribution >= 0.6 is 11.6 Å². The van der Waals surface area contributed by atoms with E-state index in [-0.39, 0.29) is 11.7 Å². The number of hydrogen-bond acceptors (Lipinski definition) is 7. The van der Waals surface area contributed by atoms with E-state index in [0.29, 0.717) is 40.0 Å². The maximum absolute atomic E-state index is 11.6. The molecule has 0 radical (unpaired) electrons. The zero-order valence-electron chi connectivity index (χ0n) is 15.3. The van der Waals surface area contributed by atoms with Gasteiger partial charge >= 0.3 is 5.97 Å². The fourth-order valence-corrected chi connectivity index (χ4v) is 2.66. The van der Waals surface area contributed by atoms with E-state index in [1.807, 2.05) is 0 Å². The van der Waals surface area contributed by atoms with Crippen molar-refractivity contribution < 1.29 is 18.9 Å². The van der Waals surface area contributed by atoms with Gasteiger partial charge < -0.3 is 9.15 Å². The SMILES string of the molecule is CCOC(=O)c1ccc(N/N=C\c2ccc(-c3cc([N+](=O)[O-])ccc3Cl)o2)cc1. The molecule has 29 heavy (non-hydrogen) atoms. The number of esters is 1. The molecule has 0 saturated heterocycles. The normalized spacial score (nSPS) is 10.8. The molecule has 0 bridgehead atoms. The summed E-state index contributed by atoms with van der Waals surface area (Å²) in [6, 6.07) is 14.1. The molecule has 0 aliphatic carbocycles. The Hall–Kier alpha value is -3.65. The summed E-state index contributed by atoms with van der Waals surface area (Å²) in [5, 5.41) is 15.4. The predicted molar refractivity (Wildman–Crippen MR) is 109 cm³/mol. The van der Waals surface area contributed by atoms with Crippen LogP contribution in [0.25, 0.3) is 11.3 Å². The summed E-state index contributed by atoms with van der Waals surface area (Å²) in [6.45, 7) is 2.06. The summed E-state index contributed by atoms with van der Waals surface area (Å²) in [5.41, 5.74) is 4.28. The largest absolute Gasteiger partial charge is 0.462 e. The first-order valence-corrected chi connectivity index (χ1v) is 8.96. The van der Waals surface area contributed by atoms with Gasteiger partial charge in [0.2, 0.25) is 0 Å². The first-order valence-electron chi connectivity index (χ1n) is 8.58. The van der Waals surface area contributed by atoms with E-state index < -0.39 is 4.92 Å². The second-order valence-corrected chi connectivity index (χ2v) is 6.20. The molecule has 0 unspecified atom stereocenters. The molecule has 148 valence electrons. The molecule has 0 saturated carbocycles. The molecular weight excluding hydrogens is 398 g/mol. The van der Waals surface area contributed by atoms with Crippen molar-refractivity contribution in [2.24, 2.45) is 5.10 Å².